The maximum Gasteiger partial charge on any atom is 0.317 e. The van der Waals surface area contributed by atoms with Crippen LogP contribution in [0.1, 0.15) is 12.8 Å². The van der Waals surface area contributed by atoms with E-state index in [2.05, 4.69) is 10.7 Å². The van der Waals surface area contributed by atoms with E-state index >= 15 is 0 Å². The predicted octanol–water partition coefficient (Wildman–Crippen LogP) is -0.745. The van der Waals surface area contributed by atoms with Crippen LogP contribution in [-0.2, 0) is 0 Å². The van der Waals surface area contributed by atoms with Crippen molar-refractivity contribution < 1.29 is 4.79 Å². The maximum absolute atomic E-state index is 11.3. The Morgan fingerprint density at radius 2 is 2.00 bits per heavy atom. The number of carbonyl (C=O) groups excluding carboxylic acids is 1. The lowest BCUT2D eigenvalue weighted by Crippen LogP contribution is -2.41. The summed E-state index contributed by atoms with van der Waals surface area (Å²) in [4.78, 5) is 13.1. The Kier molecular flexibility index (Phi) is 3.83. The van der Waals surface area contributed by atoms with Crippen LogP contribution in [0.5, 0.6) is 0 Å². The Morgan fingerprint density at radius 3 is 2.58 bits per heavy atom. The third-order valence-electron chi connectivity index (χ3n) is 1.94. The molecule has 0 spiro atoms. The van der Waals surface area contributed by atoms with Crippen LogP contribution in [0.4, 0.5) is 4.79 Å². The van der Waals surface area contributed by atoms with Gasteiger partial charge in [-0.15, -0.1) is 0 Å². The Hall–Kier alpha value is -0.810. The van der Waals surface area contributed by atoms with Gasteiger partial charge in [-0.05, 0) is 12.8 Å². The molecule has 1 saturated heterocycles. The summed E-state index contributed by atoms with van der Waals surface area (Å²) in [7, 11) is 0. The molecule has 0 aliphatic carbocycles. The number of hydrogen-bond acceptors (Lipinski definition) is 3. The van der Waals surface area contributed by atoms with Crippen LogP contribution in [0.25, 0.3) is 0 Å². The van der Waals surface area contributed by atoms with E-state index in [9.17, 15) is 4.79 Å². The van der Waals surface area contributed by atoms with Gasteiger partial charge in [0.1, 0.15) is 0 Å². The summed E-state index contributed by atoms with van der Waals surface area (Å²) < 4.78 is 0. The summed E-state index contributed by atoms with van der Waals surface area (Å²) in [5.41, 5.74) is 2.48. The van der Waals surface area contributed by atoms with Crippen LogP contribution in [0.2, 0.25) is 0 Å². The zero-order valence-corrected chi connectivity index (χ0v) is 7.18. The SMILES string of the molecule is NNCCNC(=O)N1CCCC1. The minimum Gasteiger partial charge on any atom is -0.337 e. The average Bonchev–Trinajstić information content (AvgIpc) is 2.56. The second-order valence-corrected chi connectivity index (χ2v) is 2.88. The molecule has 1 heterocycles. The fraction of sp³-hybridized carbons (Fsp3) is 0.857. The number of urea groups is 1. The molecule has 2 amide bonds. The van der Waals surface area contributed by atoms with Crippen LogP contribution in [0.3, 0.4) is 0 Å². The summed E-state index contributed by atoms with van der Waals surface area (Å²) in [6.07, 6.45) is 2.26. The number of carbonyl (C=O) groups is 1. The molecular weight excluding hydrogens is 156 g/mol. The van der Waals surface area contributed by atoms with Crippen molar-refractivity contribution in [2.45, 2.75) is 12.8 Å². The van der Waals surface area contributed by atoms with Gasteiger partial charge in [-0.1, -0.05) is 0 Å². The highest BCUT2D eigenvalue weighted by atomic mass is 16.2. The van der Waals surface area contributed by atoms with Crippen molar-refractivity contribution in [3.8, 4) is 0 Å². The van der Waals surface area contributed by atoms with Crippen LogP contribution in [0.15, 0.2) is 0 Å². The van der Waals surface area contributed by atoms with Gasteiger partial charge < -0.3 is 10.2 Å². The average molecular weight is 172 g/mol. The Labute approximate surface area is 72.3 Å². The topological polar surface area (TPSA) is 70.4 Å². The molecule has 0 atom stereocenters. The van der Waals surface area contributed by atoms with Gasteiger partial charge in [-0.2, -0.15) is 0 Å². The Morgan fingerprint density at radius 1 is 1.33 bits per heavy atom. The summed E-state index contributed by atoms with van der Waals surface area (Å²) in [6.45, 7) is 2.98. The molecule has 70 valence electrons. The number of rotatable bonds is 3. The van der Waals surface area contributed by atoms with Gasteiger partial charge in [0.15, 0.2) is 0 Å². The number of nitrogens with zero attached hydrogens (tertiary/aromatic N) is 1. The molecule has 12 heavy (non-hydrogen) atoms. The van der Waals surface area contributed by atoms with Gasteiger partial charge in [0, 0.05) is 26.2 Å². The second kappa shape index (κ2) is 4.95. The van der Waals surface area contributed by atoms with Crippen molar-refractivity contribution >= 4 is 6.03 Å². The van der Waals surface area contributed by atoms with Gasteiger partial charge >= 0.3 is 6.03 Å². The third-order valence-corrected chi connectivity index (χ3v) is 1.94. The monoisotopic (exact) mass is 172 g/mol. The molecule has 0 unspecified atom stereocenters. The number of hydrazine groups is 1. The first-order chi connectivity index (χ1) is 5.84. The van der Waals surface area contributed by atoms with E-state index in [1.807, 2.05) is 4.90 Å². The van der Waals surface area contributed by atoms with E-state index in [-0.39, 0.29) is 6.03 Å². The zero-order valence-electron chi connectivity index (χ0n) is 7.18. The summed E-state index contributed by atoms with van der Waals surface area (Å²) >= 11 is 0. The minimum atomic E-state index is 0.0303. The highest BCUT2D eigenvalue weighted by Crippen LogP contribution is 2.06. The minimum absolute atomic E-state index is 0.0303. The molecule has 1 fully saturated rings. The lowest BCUT2D eigenvalue weighted by atomic mass is 10.4. The molecule has 0 aromatic heterocycles. The molecule has 0 aromatic rings. The summed E-state index contributed by atoms with van der Waals surface area (Å²) in [6, 6.07) is 0.0303. The van der Waals surface area contributed by atoms with E-state index in [4.69, 9.17) is 5.84 Å². The molecule has 1 aliphatic heterocycles. The molecule has 1 rings (SSSR count). The summed E-state index contributed by atoms with van der Waals surface area (Å²) in [5, 5.41) is 2.77. The first-order valence-electron chi connectivity index (χ1n) is 4.31. The lowest BCUT2D eigenvalue weighted by molar-refractivity contribution is 0.209. The third kappa shape index (κ3) is 2.67. The van der Waals surface area contributed by atoms with Gasteiger partial charge in [0.2, 0.25) is 0 Å². The smallest absolute Gasteiger partial charge is 0.317 e. The molecule has 0 radical (unpaired) electrons. The number of amides is 2. The number of nitrogens with two attached hydrogens (primary N) is 1. The van der Waals surface area contributed by atoms with Crippen molar-refractivity contribution in [3.63, 3.8) is 0 Å². The predicted molar refractivity (Wildman–Crippen MR) is 46.4 cm³/mol. The number of likely N-dealkylation sites (tertiary alicyclic amines) is 1. The fourth-order valence-electron chi connectivity index (χ4n) is 1.27. The fourth-order valence-corrected chi connectivity index (χ4v) is 1.27. The maximum atomic E-state index is 11.3. The van der Waals surface area contributed by atoms with Crippen molar-refractivity contribution in [1.82, 2.24) is 15.6 Å². The molecule has 5 heteroatoms. The van der Waals surface area contributed by atoms with Gasteiger partial charge in [-0.25, -0.2) is 4.79 Å². The van der Waals surface area contributed by atoms with E-state index in [1.165, 1.54) is 0 Å². The van der Waals surface area contributed by atoms with E-state index < -0.39 is 0 Å². The Balaban J connectivity index is 2.10. The first kappa shape index (κ1) is 9.28. The van der Waals surface area contributed by atoms with Crippen LogP contribution in [-0.4, -0.2) is 37.1 Å². The molecule has 0 bridgehead atoms. The molecule has 0 saturated carbocycles. The highest BCUT2D eigenvalue weighted by molar-refractivity contribution is 5.74. The molecule has 4 N–H and O–H groups in total. The van der Waals surface area contributed by atoms with Gasteiger partial charge in [-0.3, -0.25) is 11.3 Å². The molecule has 0 aromatic carbocycles. The van der Waals surface area contributed by atoms with Crippen molar-refractivity contribution in [2.75, 3.05) is 26.2 Å². The van der Waals surface area contributed by atoms with Crippen LogP contribution >= 0.6 is 0 Å². The lowest BCUT2D eigenvalue weighted by Gasteiger charge is -2.15. The first-order valence-corrected chi connectivity index (χ1v) is 4.31. The van der Waals surface area contributed by atoms with Crippen molar-refractivity contribution in [2.24, 2.45) is 5.84 Å². The molecule has 5 nitrogen and oxygen atoms in total. The molecular formula is C7H16N4O. The summed E-state index contributed by atoms with van der Waals surface area (Å²) in [5.74, 6) is 5.05. The van der Waals surface area contributed by atoms with Crippen molar-refractivity contribution in [1.29, 1.82) is 0 Å². The van der Waals surface area contributed by atoms with Crippen LogP contribution in [0, 0.1) is 0 Å². The number of hydrogen-bond donors (Lipinski definition) is 3. The van der Waals surface area contributed by atoms with Gasteiger partial charge in [0.25, 0.3) is 0 Å². The van der Waals surface area contributed by atoms with E-state index in [0.29, 0.717) is 13.1 Å². The quantitative estimate of drug-likeness (QED) is 0.298. The highest BCUT2D eigenvalue weighted by Gasteiger charge is 2.16. The van der Waals surface area contributed by atoms with E-state index in [1.54, 1.807) is 0 Å². The Bertz CT molecular complexity index is 144. The van der Waals surface area contributed by atoms with E-state index in [0.717, 1.165) is 25.9 Å². The largest absolute Gasteiger partial charge is 0.337 e. The zero-order chi connectivity index (χ0) is 8.81. The van der Waals surface area contributed by atoms with Crippen molar-refractivity contribution in [3.05, 3.63) is 0 Å². The normalized spacial score (nSPS) is 16.6. The number of nitrogens with one attached hydrogen (secondary N) is 2. The molecule has 1 aliphatic rings. The standard InChI is InChI=1S/C7H16N4O/c8-10-4-3-9-7(12)11-5-1-2-6-11/h10H,1-6,8H2,(H,9,12). The second-order valence-electron chi connectivity index (χ2n) is 2.88. The van der Waals surface area contributed by atoms with Gasteiger partial charge in [0.05, 0.1) is 0 Å². The van der Waals surface area contributed by atoms with Crippen LogP contribution < -0.4 is 16.6 Å².